The maximum atomic E-state index is 13.4. The molecule has 1 aromatic heterocycles. The molecule has 0 unspecified atom stereocenters. The van der Waals surface area contributed by atoms with Gasteiger partial charge >= 0.3 is 0 Å². The molecule has 0 N–H and O–H groups in total. The first kappa shape index (κ1) is 21.6. The summed E-state index contributed by atoms with van der Waals surface area (Å²) in [6.45, 7) is 8.42. The van der Waals surface area contributed by atoms with Crippen LogP contribution < -0.4 is 0 Å². The zero-order valence-electron chi connectivity index (χ0n) is 18.8. The standard InChI is InChI=1S/C28H26N2O2/c1-17(2)19-9-13-21(14-10-19)27(31)25-26(30-24-8-6-5-7-23(24)29-25)28(32)22-15-11-20(12-16-22)18(3)4/h5-18H,1-4H3. The smallest absolute Gasteiger partial charge is 0.213 e. The molecule has 0 bridgehead atoms. The third-order valence-corrected chi connectivity index (χ3v) is 5.68. The molecule has 0 amide bonds. The fourth-order valence-electron chi connectivity index (χ4n) is 3.63. The first-order valence-electron chi connectivity index (χ1n) is 10.9. The van der Waals surface area contributed by atoms with Gasteiger partial charge in [-0.3, -0.25) is 9.59 Å². The highest BCUT2D eigenvalue weighted by atomic mass is 16.1. The van der Waals surface area contributed by atoms with E-state index in [0.717, 1.165) is 11.1 Å². The maximum absolute atomic E-state index is 13.4. The van der Waals surface area contributed by atoms with E-state index >= 15 is 0 Å². The zero-order valence-corrected chi connectivity index (χ0v) is 18.8. The maximum Gasteiger partial charge on any atom is 0.213 e. The highest BCUT2D eigenvalue weighted by Gasteiger charge is 2.24. The number of hydrogen-bond donors (Lipinski definition) is 0. The van der Waals surface area contributed by atoms with Crippen LogP contribution in [0.15, 0.2) is 72.8 Å². The second-order valence-corrected chi connectivity index (χ2v) is 8.62. The summed E-state index contributed by atoms with van der Waals surface area (Å²) in [6.07, 6.45) is 0. The van der Waals surface area contributed by atoms with Crippen LogP contribution in [-0.2, 0) is 0 Å². The van der Waals surface area contributed by atoms with Crippen molar-refractivity contribution in [2.24, 2.45) is 0 Å². The molecule has 3 aromatic carbocycles. The van der Waals surface area contributed by atoms with Gasteiger partial charge < -0.3 is 0 Å². The quantitative estimate of drug-likeness (QED) is 0.340. The minimum atomic E-state index is -0.305. The number of benzene rings is 3. The number of rotatable bonds is 6. The number of ketones is 2. The molecule has 1 heterocycles. The molecule has 0 aliphatic rings. The van der Waals surface area contributed by atoms with Crippen molar-refractivity contribution in [1.82, 2.24) is 9.97 Å². The number of nitrogens with zero attached hydrogens (tertiary/aromatic N) is 2. The second kappa shape index (κ2) is 8.83. The third-order valence-electron chi connectivity index (χ3n) is 5.68. The summed E-state index contributed by atoms with van der Waals surface area (Å²) in [5.74, 6) is 0.123. The van der Waals surface area contributed by atoms with Gasteiger partial charge in [-0.05, 0) is 35.1 Å². The highest BCUT2D eigenvalue weighted by Crippen LogP contribution is 2.22. The van der Waals surface area contributed by atoms with Gasteiger partial charge in [0, 0.05) is 11.1 Å². The molecule has 0 radical (unpaired) electrons. The number of aromatic nitrogens is 2. The van der Waals surface area contributed by atoms with Crippen LogP contribution in [0.1, 0.15) is 82.8 Å². The molecule has 0 spiro atoms. The Bertz CT molecular complexity index is 1190. The lowest BCUT2D eigenvalue weighted by Crippen LogP contribution is -2.16. The van der Waals surface area contributed by atoms with E-state index in [1.54, 1.807) is 36.4 Å². The van der Waals surface area contributed by atoms with Crippen molar-refractivity contribution in [2.75, 3.05) is 0 Å². The Kier molecular flexibility index (Phi) is 5.95. The Balaban J connectivity index is 1.81. The molecule has 0 saturated heterocycles. The summed E-state index contributed by atoms with van der Waals surface area (Å²) in [4.78, 5) is 36.0. The zero-order chi connectivity index (χ0) is 22.8. The van der Waals surface area contributed by atoms with E-state index in [1.807, 2.05) is 36.4 Å². The predicted octanol–water partition coefficient (Wildman–Crippen LogP) is 6.34. The molecular weight excluding hydrogens is 396 g/mol. The third kappa shape index (κ3) is 4.22. The molecule has 4 rings (SSSR count). The average molecular weight is 423 g/mol. The largest absolute Gasteiger partial charge is 0.287 e. The summed E-state index contributed by atoms with van der Waals surface area (Å²) in [7, 11) is 0. The topological polar surface area (TPSA) is 59.9 Å². The average Bonchev–Trinajstić information content (AvgIpc) is 2.82. The van der Waals surface area contributed by atoms with E-state index in [-0.39, 0.29) is 23.0 Å². The fraction of sp³-hybridized carbons (Fsp3) is 0.214. The Morgan fingerprint density at radius 2 is 0.906 bits per heavy atom. The molecule has 32 heavy (non-hydrogen) atoms. The molecule has 0 atom stereocenters. The molecule has 0 saturated carbocycles. The van der Waals surface area contributed by atoms with Crippen molar-refractivity contribution in [2.45, 2.75) is 39.5 Å². The Hall–Kier alpha value is -3.66. The van der Waals surface area contributed by atoms with E-state index in [0.29, 0.717) is 34.0 Å². The minimum Gasteiger partial charge on any atom is -0.287 e. The highest BCUT2D eigenvalue weighted by molar-refractivity contribution is 6.18. The number of fused-ring (bicyclic) bond motifs is 1. The SMILES string of the molecule is CC(C)c1ccc(C(=O)c2nc3ccccc3nc2C(=O)c2ccc(C(C)C)cc2)cc1. The Labute approximate surface area is 188 Å². The fourth-order valence-corrected chi connectivity index (χ4v) is 3.63. The normalized spacial score (nSPS) is 11.3. The van der Waals surface area contributed by atoms with Gasteiger partial charge in [-0.1, -0.05) is 88.4 Å². The monoisotopic (exact) mass is 422 g/mol. The van der Waals surface area contributed by atoms with Crippen molar-refractivity contribution >= 4 is 22.6 Å². The van der Waals surface area contributed by atoms with Gasteiger partial charge in [0.05, 0.1) is 11.0 Å². The van der Waals surface area contributed by atoms with Crippen LogP contribution in [0.2, 0.25) is 0 Å². The number of hydrogen-bond acceptors (Lipinski definition) is 4. The number of carbonyl (C=O) groups is 2. The van der Waals surface area contributed by atoms with Crippen LogP contribution in [0.5, 0.6) is 0 Å². The van der Waals surface area contributed by atoms with E-state index in [4.69, 9.17) is 0 Å². The van der Waals surface area contributed by atoms with Gasteiger partial charge in [-0.25, -0.2) is 9.97 Å². The van der Waals surface area contributed by atoms with Crippen molar-refractivity contribution in [1.29, 1.82) is 0 Å². The Morgan fingerprint density at radius 1 is 0.562 bits per heavy atom. The van der Waals surface area contributed by atoms with Crippen molar-refractivity contribution in [3.63, 3.8) is 0 Å². The molecule has 160 valence electrons. The number of para-hydroxylation sites is 2. The van der Waals surface area contributed by atoms with Gasteiger partial charge in [0.15, 0.2) is 0 Å². The predicted molar refractivity (Wildman–Crippen MR) is 127 cm³/mol. The molecule has 0 aliphatic carbocycles. The first-order chi connectivity index (χ1) is 15.3. The summed E-state index contributed by atoms with van der Waals surface area (Å²) in [5, 5.41) is 0. The van der Waals surface area contributed by atoms with Crippen LogP contribution in [0.3, 0.4) is 0 Å². The van der Waals surface area contributed by atoms with Crippen molar-refractivity contribution in [3.05, 3.63) is 106 Å². The van der Waals surface area contributed by atoms with E-state index in [9.17, 15) is 9.59 Å². The number of carbonyl (C=O) groups excluding carboxylic acids is 2. The van der Waals surface area contributed by atoms with Crippen molar-refractivity contribution in [3.8, 4) is 0 Å². The molecule has 0 aliphatic heterocycles. The molecule has 4 nitrogen and oxygen atoms in total. The van der Waals surface area contributed by atoms with E-state index < -0.39 is 0 Å². The van der Waals surface area contributed by atoms with E-state index in [2.05, 4.69) is 37.7 Å². The van der Waals surface area contributed by atoms with Crippen LogP contribution in [0, 0.1) is 0 Å². The van der Waals surface area contributed by atoms with Gasteiger partial charge in [0.1, 0.15) is 11.4 Å². The minimum absolute atomic E-state index is 0.0823. The van der Waals surface area contributed by atoms with Gasteiger partial charge in [0.25, 0.3) is 0 Å². The van der Waals surface area contributed by atoms with Gasteiger partial charge in [-0.2, -0.15) is 0 Å². The van der Waals surface area contributed by atoms with Crippen LogP contribution in [0.4, 0.5) is 0 Å². The van der Waals surface area contributed by atoms with Gasteiger partial charge in [-0.15, -0.1) is 0 Å². The second-order valence-electron chi connectivity index (χ2n) is 8.62. The molecular formula is C28H26N2O2. The summed E-state index contributed by atoms with van der Waals surface area (Å²) in [6, 6.07) is 22.2. The van der Waals surface area contributed by atoms with Gasteiger partial charge in [0.2, 0.25) is 11.6 Å². The molecule has 4 heteroatoms. The lowest BCUT2D eigenvalue weighted by Gasteiger charge is -2.11. The first-order valence-corrected chi connectivity index (χ1v) is 10.9. The van der Waals surface area contributed by atoms with E-state index in [1.165, 1.54) is 0 Å². The molecule has 4 aromatic rings. The molecule has 0 fully saturated rings. The van der Waals surface area contributed by atoms with Crippen LogP contribution in [-0.4, -0.2) is 21.5 Å². The van der Waals surface area contributed by atoms with Crippen molar-refractivity contribution < 1.29 is 9.59 Å². The lowest BCUT2D eigenvalue weighted by molar-refractivity contribution is 0.0996. The lowest BCUT2D eigenvalue weighted by atomic mass is 9.96. The summed E-state index contributed by atoms with van der Waals surface area (Å²) >= 11 is 0. The summed E-state index contributed by atoms with van der Waals surface area (Å²) < 4.78 is 0. The van der Waals surface area contributed by atoms with Crippen LogP contribution in [0.25, 0.3) is 11.0 Å². The summed E-state index contributed by atoms with van der Waals surface area (Å²) in [5.41, 5.74) is 4.60. The van der Waals surface area contributed by atoms with Crippen LogP contribution >= 0.6 is 0 Å². The Morgan fingerprint density at radius 3 is 1.22 bits per heavy atom.